The van der Waals surface area contributed by atoms with Crippen molar-refractivity contribution in [3.8, 4) is 0 Å². The van der Waals surface area contributed by atoms with Gasteiger partial charge in [-0.25, -0.2) is 13.1 Å². The van der Waals surface area contributed by atoms with E-state index in [0.29, 0.717) is 17.4 Å². The van der Waals surface area contributed by atoms with Crippen LogP contribution in [0.5, 0.6) is 0 Å². The number of nitrogens with two attached hydrogens (primary N) is 1. The van der Waals surface area contributed by atoms with Crippen molar-refractivity contribution in [1.82, 2.24) is 4.72 Å². The molecule has 0 radical (unpaired) electrons. The molecule has 1 atom stereocenters. The molecule has 1 aromatic carbocycles. The van der Waals surface area contributed by atoms with E-state index in [1.165, 1.54) is 0 Å². The van der Waals surface area contributed by atoms with E-state index in [4.69, 9.17) is 5.73 Å². The minimum atomic E-state index is -3.48. The number of hydrogen-bond donors (Lipinski definition) is 2. The first-order valence-electron chi connectivity index (χ1n) is 9.72. The van der Waals surface area contributed by atoms with E-state index >= 15 is 0 Å². The van der Waals surface area contributed by atoms with Gasteiger partial charge in [-0.3, -0.25) is 0 Å². The number of nitrogens with zero attached hydrogens (tertiary/aromatic N) is 1. The lowest BCUT2D eigenvalue weighted by Gasteiger charge is -2.40. The van der Waals surface area contributed by atoms with Gasteiger partial charge in [-0.15, -0.1) is 0 Å². The number of allylic oxidation sites excluding steroid dienone is 2. The molecular weight excluding hydrogens is 346 g/mol. The molecule has 1 heterocycles. The lowest BCUT2D eigenvalue weighted by Crippen LogP contribution is -2.49. The summed E-state index contributed by atoms with van der Waals surface area (Å²) >= 11 is 0. The number of rotatable bonds is 11. The summed E-state index contributed by atoms with van der Waals surface area (Å²) in [4.78, 5) is 2.55. The maximum atomic E-state index is 12.6. The van der Waals surface area contributed by atoms with Gasteiger partial charge in [0.15, 0.2) is 0 Å². The second-order valence-corrected chi connectivity index (χ2v) is 8.78. The van der Waals surface area contributed by atoms with E-state index in [2.05, 4.69) is 28.7 Å². The van der Waals surface area contributed by atoms with Crippen molar-refractivity contribution in [3.63, 3.8) is 0 Å². The predicted octanol–water partition coefficient (Wildman–Crippen LogP) is 3.27. The third-order valence-electron chi connectivity index (χ3n) is 4.92. The summed E-state index contributed by atoms with van der Waals surface area (Å²) in [7, 11) is -3.48. The van der Waals surface area contributed by atoms with Crippen molar-refractivity contribution in [3.05, 3.63) is 36.4 Å². The highest BCUT2D eigenvalue weighted by molar-refractivity contribution is 7.89. The maximum absolute atomic E-state index is 12.6. The van der Waals surface area contributed by atoms with Gasteiger partial charge in [-0.05, 0) is 56.5 Å². The third-order valence-corrected chi connectivity index (χ3v) is 6.46. The summed E-state index contributed by atoms with van der Waals surface area (Å²) in [6, 6.07) is 7.13. The molecule has 5 nitrogen and oxygen atoms in total. The van der Waals surface area contributed by atoms with Crippen LogP contribution >= 0.6 is 0 Å². The first kappa shape index (κ1) is 20.9. The fraction of sp³-hybridized carbons (Fsp3) is 0.600. The molecule has 3 N–H and O–H groups in total. The lowest BCUT2D eigenvalue weighted by atomic mass is 10.00. The second-order valence-electron chi connectivity index (χ2n) is 7.06. The fourth-order valence-electron chi connectivity index (χ4n) is 3.10. The molecular formula is C20H33N3O2S. The summed E-state index contributed by atoms with van der Waals surface area (Å²) in [5, 5.41) is 0. The number of sulfonamides is 1. The molecule has 0 saturated carbocycles. The highest BCUT2D eigenvalue weighted by atomic mass is 32.2. The quantitative estimate of drug-likeness (QED) is 0.579. The SMILES string of the molecule is CCC/C=C\CCC(CC)NS(=O)(=O)c1ccc(N2CC(CN)C2)cc1. The van der Waals surface area contributed by atoms with E-state index in [9.17, 15) is 8.42 Å². The van der Waals surface area contributed by atoms with Crippen LogP contribution < -0.4 is 15.4 Å². The number of hydrogen-bond acceptors (Lipinski definition) is 4. The van der Waals surface area contributed by atoms with Gasteiger partial charge in [-0.1, -0.05) is 32.4 Å². The molecule has 1 aliphatic rings. The van der Waals surface area contributed by atoms with E-state index in [1.54, 1.807) is 12.1 Å². The van der Waals surface area contributed by atoms with Crippen molar-refractivity contribution in [2.24, 2.45) is 11.7 Å². The average Bonchev–Trinajstić information content (AvgIpc) is 2.60. The number of anilines is 1. The van der Waals surface area contributed by atoms with Crippen LogP contribution in [0.1, 0.15) is 46.0 Å². The van der Waals surface area contributed by atoms with Gasteiger partial charge in [0, 0.05) is 30.7 Å². The van der Waals surface area contributed by atoms with Crippen LogP contribution in [-0.4, -0.2) is 34.1 Å². The molecule has 6 heteroatoms. The van der Waals surface area contributed by atoms with Crippen LogP contribution in [0.15, 0.2) is 41.3 Å². The lowest BCUT2D eigenvalue weighted by molar-refractivity contribution is 0.420. The van der Waals surface area contributed by atoms with Crippen LogP contribution in [0, 0.1) is 5.92 Å². The van der Waals surface area contributed by atoms with Gasteiger partial charge >= 0.3 is 0 Å². The van der Waals surface area contributed by atoms with Crippen LogP contribution in [0.25, 0.3) is 0 Å². The Balaban J connectivity index is 1.91. The molecule has 0 amide bonds. The Kier molecular flexibility index (Phi) is 8.13. The highest BCUT2D eigenvalue weighted by Gasteiger charge is 2.26. The van der Waals surface area contributed by atoms with Gasteiger partial charge < -0.3 is 10.6 Å². The van der Waals surface area contributed by atoms with Crippen molar-refractivity contribution in [2.75, 3.05) is 24.5 Å². The monoisotopic (exact) mass is 379 g/mol. The number of nitrogens with one attached hydrogen (secondary N) is 1. The zero-order valence-corrected chi connectivity index (χ0v) is 16.8. The van der Waals surface area contributed by atoms with Gasteiger partial charge in [0.1, 0.15) is 0 Å². The second kappa shape index (κ2) is 10.1. The van der Waals surface area contributed by atoms with Crippen LogP contribution in [0.2, 0.25) is 0 Å². The molecule has 0 aromatic heterocycles. The summed E-state index contributed by atoms with van der Waals surface area (Å²) in [6.07, 6.45) is 9.05. The minimum Gasteiger partial charge on any atom is -0.371 e. The Morgan fingerprint density at radius 2 is 1.85 bits per heavy atom. The zero-order valence-electron chi connectivity index (χ0n) is 16.0. The molecule has 0 bridgehead atoms. The highest BCUT2D eigenvalue weighted by Crippen LogP contribution is 2.25. The summed E-state index contributed by atoms with van der Waals surface area (Å²) in [5.74, 6) is 0.553. The molecule has 1 unspecified atom stereocenters. The number of benzene rings is 1. The van der Waals surface area contributed by atoms with Crippen LogP contribution in [-0.2, 0) is 10.0 Å². The van der Waals surface area contributed by atoms with E-state index in [0.717, 1.165) is 50.9 Å². The predicted molar refractivity (Wildman–Crippen MR) is 109 cm³/mol. The van der Waals surface area contributed by atoms with E-state index < -0.39 is 10.0 Å². The Morgan fingerprint density at radius 3 is 2.42 bits per heavy atom. The molecule has 26 heavy (non-hydrogen) atoms. The van der Waals surface area contributed by atoms with Crippen molar-refractivity contribution >= 4 is 15.7 Å². The molecule has 1 aromatic rings. The van der Waals surface area contributed by atoms with Crippen LogP contribution in [0.4, 0.5) is 5.69 Å². The summed E-state index contributed by atoms with van der Waals surface area (Å²) in [6.45, 7) is 6.77. The van der Waals surface area contributed by atoms with Crippen molar-refractivity contribution in [2.45, 2.75) is 56.9 Å². The van der Waals surface area contributed by atoms with Gasteiger partial charge in [-0.2, -0.15) is 0 Å². The zero-order chi connectivity index (χ0) is 19.0. The molecule has 1 fully saturated rings. The minimum absolute atomic E-state index is 0.0355. The Hall–Kier alpha value is -1.37. The summed E-state index contributed by atoms with van der Waals surface area (Å²) in [5.41, 5.74) is 6.71. The molecule has 0 spiro atoms. The standard InChI is InChI=1S/C20H33N3O2S/c1-3-5-6-7-8-9-18(4-2)22-26(24,25)20-12-10-19(11-13-20)23-15-17(14-21)16-23/h6-7,10-13,17-18,22H,3-5,8-9,14-16,21H2,1-2H3/b7-6-. The number of unbranched alkanes of at least 4 members (excludes halogenated alkanes) is 1. The average molecular weight is 380 g/mol. The van der Waals surface area contributed by atoms with Crippen LogP contribution in [0.3, 0.4) is 0 Å². The van der Waals surface area contributed by atoms with E-state index in [-0.39, 0.29) is 6.04 Å². The van der Waals surface area contributed by atoms with Gasteiger partial charge in [0.25, 0.3) is 0 Å². The van der Waals surface area contributed by atoms with Gasteiger partial charge in [0.05, 0.1) is 4.90 Å². The van der Waals surface area contributed by atoms with Gasteiger partial charge in [0.2, 0.25) is 10.0 Å². The van der Waals surface area contributed by atoms with E-state index in [1.807, 2.05) is 19.1 Å². The fourth-order valence-corrected chi connectivity index (χ4v) is 4.45. The smallest absolute Gasteiger partial charge is 0.240 e. The largest absolute Gasteiger partial charge is 0.371 e. The van der Waals surface area contributed by atoms with Crippen molar-refractivity contribution in [1.29, 1.82) is 0 Å². The first-order valence-corrected chi connectivity index (χ1v) is 11.2. The normalized spacial score (nSPS) is 16.8. The third kappa shape index (κ3) is 5.83. The molecule has 1 saturated heterocycles. The Labute approximate surface area is 158 Å². The molecule has 146 valence electrons. The topological polar surface area (TPSA) is 75.4 Å². The molecule has 1 aliphatic heterocycles. The Bertz CT molecular complexity index is 665. The first-order chi connectivity index (χ1) is 12.5. The molecule has 2 rings (SSSR count). The summed E-state index contributed by atoms with van der Waals surface area (Å²) < 4.78 is 28.1. The molecule has 0 aliphatic carbocycles. The Morgan fingerprint density at radius 1 is 1.19 bits per heavy atom. The maximum Gasteiger partial charge on any atom is 0.240 e. The van der Waals surface area contributed by atoms with Crippen molar-refractivity contribution < 1.29 is 8.42 Å².